The van der Waals surface area contributed by atoms with Gasteiger partial charge >= 0.3 is 5.97 Å². The Morgan fingerprint density at radius 3 is 2.58 bits per heavy atom. The fourth-order valence-electron chi connectivity index (χ4n) is 6.44. The molecule has 1 spiro atoms. The average molecular weight is 504 g/mol. The lowest BCUT2D eigenvalue weighted by atomic mass is 9.58. The van der Waals surface area contributed by atoms with Crippen LogP contribution in [0, 0.1) is 23.7 Å². The third-order valence-corrected chi connectivity index (χ3v) is 8.55. The van der Waals surface area contributed by atoms with Crippen LogP contribution in [0.15, 0.2) is 24.3 Å². The highest BCUT2D eigenvalue weighted by Crippen LogP contribution is 2.60. The van der Waals surface area contributed by atoms with Gasteiger partial charge in [0.15, 0.2) is 11.9 Å². The molecule has 9 nitrogen and oxygen atoms in total. The Labute approximate surface area is 212 Å². The van der Waals surface area contributed by atoms with Crippen LogP contribution in [0.1, 0.15) is 64.9 Å². The van der Waals surface area contributed by atoms with E-state index in [1.165, 1.54) is 0 Å². The van der Waals surface area contributed by atoms with Gasteiger partial charge in [0.05, 0.1) is 13.5 Å². The van der Waals surface area contributed by atoms with Crippen molar-refractivity contribution < 1.29 is 38.3 Å². The summed E-state index contributed by atoms with van der Waals surface area (Å²) in [5.41, 5.74) is 0.250. The van der Waals surface area contributed by atoms with Gasteiger partial charge in [0, 0.05) is 31.2 Å². The van der Waals surface area contributed by atoms with Gasteiger partial charge in [-0.3, -0.25) is 9.59 Å². The number of rotatable bonds is 7. The van der Waals surface area contributed by atoms with Crippen molar-refractivity contribution >= 4 is 11.9 Å². The number of amides is 1. The summed E-state index contributed by atoms with van der Waals surface area (Å²) in [6, 6.07) is 7.45. The number of esters is 1. The summed E-state index contributed by atoms with van der Waals surface area (Å²) in [6.07, 6.45) is 2.24. The molecule has 1 aromatic rings. The summed E-state index contributed by atoms with van der Waals surface area (Å²) < 4.78 is 23.5. The molecule has 4 saturated heterocycles. The molecule has 5 aliphatic rings. The molecule has 6 rings (SSSR count). The van der Waals surface area contributed by atoms with E-state index < -0.39 is 29.9 Å². The largest absolute Gasteiger partial charge is 0.497 e. The molecule has 1 N–H and O–H groups in total. The molecule has 8 atom stereocenters. The zero-order valence-electron chi connectivity index (χ0n) is 21.5. The molecule has 4 aliphatic heterocycles. The van der Waals surface area contributed by atoms with Crippen molar-refractivity contribution in [2.75, 3.05) is 7.11 Å². The normalized spacial score (nSPS) is 39.0. The topological polar surface area (TPSA) is 102 Å². The third-order valence-electron chi connectivity index (χ3n) is 8.55. The van der Waals surface area contributed by atoms with Crippen LogP contribution in [0.25, 0.3) is 0 Å². The molecular formula is C27H37NO8. The molecule has 1 amide bonds. The Kier molecular flexibility index (Phi) is 7.02. The smallest absolute Gasteiger partial charge is 0.308 e. The van der Waals surface area contributed by atoms with Gasteiger partial charge in [-0.2, -0.15) is 0 Å². The summed E-state index contributed by atoms with van der Waals surface area (Å²) >= 11 is 0. The highest BCUT2D eigenvalue weighted by atomic mass is 17.3. The lowest BCUT2D eigenvalue weighted by Gasteiger charge is -2.59. The quantitative estimate of drug-likeness (QED) is 0.442. The van der Waals surface area contributed by atoms with Gasteiger partial charge in [-0.15, -0.1) is 0 Å². The fourth-order valence-corrected chi connectivity index (χ4v) is 6.44. The van der Waals surface area contributed by atoms with Crippen molar-refractivity contribution in [3.05, 3.63) is 29.8 Å². The number of hydrogen-bond acceptors (Lipinski definition) is 8. The maximum atomic E-state index is 12.7. The molecule has 5 fully saturated rings. The fraction of sp³-hybridized carbons (Fsp3) is 0.704. The lowest BCUT2D eigenvalue weighted by Crippen LogP contribution is -2.70. The van der Waals surface area contributed by atoms with Crippen molar-refractivity contribution in [1.82, 2.24) is 5.32 Å². The van der Waals surface area contributed by atoms with Gasteiger partial charge in [0.1, 0.15) is 5.75 Å². The SMILES string of the molecule is COc1ccc(CNC(=O)CCC(=O)OC2OC3OC4(C)CCC5C(C)CCC(C2C)C35OO4)cc1. The zero-order valence-corrected chi connectivity index (χ0v) is 21.5. The van der Waals surface area contributed by atoms with Gasteiger partial charge in [-0.05, 0) is 55.7 Å². The molecule has 1 aliphatic carbocycles. The van der Waals surface area contributed by atoms with E-state index in [1.807, 2.05) is 38.1 Å². The summed E-state index contributed by atoms with van der Waals surface area (Å²) in [7, 11) is 1.61. The summed E-state index contributed by atoms with van der Waals surface area (Å²) in [6.45, 7) is 6.53. The summed E-state index contributed by atoms with van der Waals surface area (Å²) in [5, 5.41) is 2.83. The number of nitrogens with one attached hydrogen (secondary N) is 1. The molecule has 1 aromatic carbocycles. The van der Waals surface area contributed by atoms with E-state index in [4.69, 9.17) is 28.7 Å². The van der Waals surface area contributed by atoms with Gasteiger partial charge in [0.2, 0.25) is 18.0 Å². The third kappa shape index (κ3) is 4.62. The predicted molar refractivity (Wildman–Crippen MR) is 127 cm³/mol. The van der Waals surface area contributed by atoms with Crippen LogP contribution in [-0.2, 0) is 40.1 Å². The maximum absolute atomic E-state index is 12.7. The standard InChI is InChI=1S/C27H37NO8/c1-16-5-10-21-17(2)24(33-25-27(21)20(16)13-14-26(3,34-25)35-36-27)32-23(30)12-11-22(29)28-15-18-6-8-19(31-4)9-7-18/h6-9,16-17,20-21,24-25H,5,10-15H2,1-4H3,(H,28,29). The Balaban J connectivity index is 1.17. The van der Waals surface area contributed by atoms with E-state index in [2.05, 4.69) is 12.2 Å². The second kappa shape index (κ2) is 9.93. The number of carbonyl (C=O) groups is 2. The van der Waals surface area contributed by atoms with Crippen molar-refractivity contribution in [3.63, 3.8) is 0 Å². The molecule has 198 valence electrons. The van der Waals surface area contributed by atoms with Gasteiger partial charge in [-0.25, -0.2) is 9.78 Å². The van der Waals surface area contributed by atoms with E-state index in [0.717, 1.165) is 37.0 Å². The maximum Gasteiger partial charge on any atom is 0.308 e. The van der Waals surface area contributed by atoms with E-state index in [9.17, 15) is 9.59 Å². The van der Waals surface area contributed by atoms with Crippen LogP contribution < -0.4 is 10.1 Å². The highest BCUT2D eigenvalue weighted by molar-refractivity contribution is 5.81. The number of fused-ring (bicyclic) bond motifs is 2. The Hall–Kier alpha value is -2.20. The first kappa shape index (κ1) is 25.4. The van der Waals surface area contributed by atoms with Crippen LogP contribution in [-0.4, -0.2) is 43.0 Å². The number of ether oxygens (including phenoxy) is 4. The second-order valence-electron chi connectivity index (χ2n) is 10.9. The lowest BCUT2D eigenvalue weighted by molar-refractivity contribution is -0.576. The molecule has 9 heteroatoms. The number of methoxy groups -OCH3 is 1. The van der Waals surface area contributed by atoms with E-state index in [-0.39, 0.29) is 36.5 Å². The molecule has 1 saturated carbocycles. The van der Waals surface area contributed by atoms with E-state index in [0.29, 0.717) is 12.5 Å². The van der Waals surface area contributed by atoms with Crippen molar-refractivity contribution in [1.29, 1.82) is 0 Å². The zero-order chi connectivity index (χ0) is 25.5. The predicted octanol–water partition coefficient (Wildman–Crippen LogP) is 3.84. The van der Waals surface area contributed by atoms with Gasteiger partial charge in [-0.1, -0.05) is 26.0 Å². The number of carbonyl (C=O) groups excluding carboxylic acids is 2. The molecule has 36 heavy (non-hydrogen) atoms. The number of benzene rings is 1. The van der Waals surface area contributed by atoms with Gasteiger partial charge < -0.3 is 24.3 Å². The molecule has 2 bridgehead atoms. The average Bonchev–Trinajstić information content (AvgIpc) is 3.10. The number of hydrogen-bond donors (Lipinski definition) is 1. The highest BCUT2D eigenvalue weighted by Gasteiger charge is 2.69. The van der Waals surface area contributed by atoms with E-state index in [1.54, 1.807) is 7.11 Å². The first-order chi connectivity index (χ1) is 17.2. The minimum Gasteiger partial charge on any atom is -0.497 e. The van der Waals surface area contributed by atoms with Crippen molar-refractivity contribution in [2.45, 2.75) is 89.8 Å². The minimum absolute atomic E-state index is 0.0284. The Bertz CT molecular complexity index is 969. The second-order valence-corrected chi connectivity index (χ2v) is 10.9. The molecular weight excluding hydrogens is 466 g/mol. The molecule has 0 aromatic heterocycles. The van der Waals surface area contributed by atoms with E-state index >= 15 is 0 Å². The molecule has 8 unspecified atom stereocenters. The monoisotopic (exact) mass is 503 g/mol. The van der Waals surface area contributed by atoms with Crippen molar-refractivity contribution in [3.8, 4) is 5.75 Å². The first-order valence-electron chi connectivity index (χ1n) is 13.0. The van der Waals surface area contributed by atoms with Gasteiger partial charge in [0.25, 0.3) is 0 Å². The van der Waals surface area contributed by atoms with Crippen LogP contribution in [0.3, 0.4) is 0 Å². The first-order valence-corrected chi connectivity index (χ1v) is 13.0. The van der Waals surface area contributed by atoms with Crippen LogP contribution >= 0.6 is 0 Å². The van der Waals surface area contributed by atoms with Crippen LogP contribution in [0.5, 0.6) is 5.75 Å². The van der Waals surface area contributed by atoms with Crippen molar-refractivity contribution in [2.24, 2.45) is 23.7 Å². The minimum atomic E-state index is -0.880. The molecule has 0 radical (unpaired) electrons. The Morgan fingerprint density at radius 1 is 1.06 bits per heavy atom. The Morgan fingerprint density at radius 2 is 1.83 bits per heavy atom. The molecule has 4 heterocycles. The van der Waals surface area contributed by atoms with Crippen LogP contribution in [0.2, 0.25) is 0 Å². The summed E-state index contributed by atoms with van der Waals surface area (Å²) in [4.78, 5) is 36.9. The summed E-state index contributed by atoms with van der Waals surface area (Å²) in [5.74, 6) is -0.122. The van der Waals surface area contributed by atoms with Crippen LogP contribution in [0.4, 0.5) is 0 Å².